The fraction of sp³-hybridized carbons (Fsp3) is 0.143. The Labute approximate surface area is 72.2 Å². The summed E-state index contributed by atoms with van der Waals surface area (Å²) in [5.41, 5.74) is 5.38. The van der Waals surface area contributed by atoms with Crippen LogP contribution >= 0.6 is 0 Å². The molecule has 1 atom stereocenters. The molecule has 1 aromatic heterocycles. The maximum absolute atomic E-state index is 11.1. The number of amides is 2. The van der Waals surface area contributed by atoms with Crippen LogP contribution in [0.3, 0.4) is 0 Å². The van der Waals surface area contributed by atoms with Crippen molar-refractivity contribution in [3.8, 4) is 0 Å². The predicted octanol–water partition coefficient (Wildman–Crippen LogP) is -2.55. The van der Waals surface area contributed by atoms with Crippen LogP contribution in [0.1, 0.15) is 0 Å². The number of aromatic amines is 1. The van der Waals surface area contributed by atoms with E-state index < -0.39 is 17.7 Å². The molecule has 2 rings (SSSR count). The number of nitrogens with one attached hydrogen (secondary N) is 1. The van der Waals surface area contributed by atoms with E-state index in [0.29, 0.717) is 10.7 Å². The molecule has 0 fully saturated rings. The van der Waals surface area contributed by atoms with Crippen molar-refractivity contribution < 1.29 is 9.59 Å². The lowest BCUT2D eigenvalue weighted by atomic mass is 10.1. The predicted molar refractivity (Wildman–Crippen MR) is 41.5 cm³/mol. The number of fused-ring (bicyclic) bond motifs is 1. The van der Waals surface area contributed by atoms with Gasteiger partial charge in [-0.1, -0.05) is 6.08 Å². The van der Waals surface area contributed by atoms with Gasteiger partial charge in [-0.05, 0) is 0 Å². The van der Waals surface area contributed by atoms with Gasteiger partial charge in [0, 0.05) is 5.22 Å². The number of hydrogen-bond acceptors (Lipinski definition) is 3. The number of hydrogen-bond donors (Lipinski definition) is 2. The van der Waals surface area contributed by atoms with Crippen LogP contribution in [0, 0.1) is 5.92 Å². The number of carbonyl (C=O) groups is 2. The fourth-order valence-corrected chi connectivity index (χ4v) is 1.13. The molecule has 0 aliphatic carbocycles. The molecule has 0 bridgehead atoms. The summed E-state index contributed by atoms with van der Waals surface area (Å²) in [5.74, 6) is -2.20. The Kier molecular flexibility index (Phi) is 1.48. The number of rotatable bonds is 1. The first-order chi connectivity index (χ1) is 6.18. The molecule has 13 heavy (non-hydrogen) atoms. The van der Waals surface area contributed by atoms with Gasteiger partial charge < -0.3 is 5.73 Å². The van der Waals surface area contributed by atoms with E-state index >= 15 is 0 Å². The lowest BCUT2D eigenvalue weighted by molar-refractivity contribution is -0.129. The third-order valence-electron chi connectivity index (χ3n) is 1.79. The smallest absolute Gasteiger partial charge is 0.264 e. The second-order valence-corrected chi connectivity index (χ2v) is 2.67. The maximum atomic E-state index is 11.1. The van der Waals surface area contributed by atoms with Crippen LogP contribution in [0.25, 0.3) is 6.08 Å². The van der Waals surface area contributed by atoms with Crippen LogP contribution in [-0.4, -0.2) is 22.0 Å². The molecule has 0 spiro atoms. The van der Waals surface area contributed by atoms with Crippen LogP contribution in [0.5, 0.6) is 0 Å². The van der Waals surface area contributed by atoms with Gasteiger partial charge in [0.15, 0.2) is 5.49 Å². The molecule has 1 aromatic rings. The zero-order valence-corrected chi connectivity index (χ0v) is 6.52. The second-order valence-electron chi connectivity index (χ2n) is 2.67. The first kappa shape index (κ1) is 7.66. The van der Waals surface area contributed by atoms with E-state index in [1.807, 2.05) is 0 Å². The fourth-order valence-electron chi connectivity index (χ4n) is 1.13. The molecule has 6 heteroatoms. The Balaban J connectivity index is 2.64. The Morgan fingerprint density at radius 3 is 3.08 bits per heavy atom. The van der Waals surface area contributed by atoms with Gasteiger partial charge in [0.25, 0.3) is 5.91 Å². The zero-order valence-electron chi connectivity index (χ0n) is 6.52. The highest BCUT2D eigenvalue weighted by molar-refractivity contribution is 6.05. The molecule has 0 aromatic carbocycles. The molecule has 2 amide bonds. The van der Waals surface area contributed by atoms with Gasteiger partial charge in [0.2, 0.25) is 5.91 Å². The van der Waals surface area contributed by atoms with Gasteiger partial charge in [-0.3, -0.25) is 14.7 Å². The Hall–Kier alpha value is -1.98. The van der Waals surface area contributed by atoms with Gasteiger partial charge >= 0.3 is 0 Å². The zero-order chi connectivity index (χ0) is 9.42. The van der Waals surface area contributed by atoms with E-state index in [-0.39, 0.29) is 0 Å². The highest BCUT2D eigenvalue weighted by Crippen LogP contribution is 2.01. The van der Waals surface area contributed by atoms with E-state index in [9.17, 15) is 9.59 Å². The normalized spacial score (nSPS) is 20.0. The second kappa shape index (κ2) is 2.51. The van der Waals surface area contributed by atoms with Crippen molar-refractivity contribution in [2.75, 3.05) is 0 Å². The quantitative estimate of drug-likeness (QED) is 0.463. The van der Waals surface area contributed by atoms with Gasteiger partial charge in [0.05, 0.1) is 6.20 Å². The summed E-state index contributed by atoms with van der Waals surface area (Å²) in [5, 5.41) is 6.83. The largest absolute Gasteiger partial charge is 0.369 e. The number of primary amides is 1. The number of carbonyl (C=O) groups excluding carboxylic acids is 2. The lowest BCUT2D eigenvalue weighted by Crippen LogP contribution is -2.38. The van der Waals surface area contributed by atoms with Crippen LogP contribution in [-0.2, 0) is 9.59 Å². The molecule has 66 valence electrons. The summed E-state index contributed by atoms with van der Waals surface area (Å²) in [6.07, 6.45) is 2.94. The third kappa shape index (κ3) is 1.12. The average Bonchev–Trinajstić information content (AvgIpc) is 2.48. The molecule has 1 unspecified atom stereocenters. The SMILES string of the molecule is NC(=O)C1C=c2cn[nH]c2=NC1=O. The molecular weight excluding hydrogens is 172 g/mol. The number of aromatic nitrogens is 2. The summed E-state index contributed by atoms with van der Waals surface area (Å²) < 4.78 is 0. The van der Waals surface area contributed by atoms with Crippen LogP contribution in [0.15, 0.2) is 11.2 Å². The van der Waals surface area contributed by atoms with Crippen LogP contribution < -0.4 is 16.4 Å². The van der Waals surface area contributed by atoms with Crippen molar-refractivity contribution in [1.29, 1.82) is 0 Å². The summed E-state index contributed by atoms with van der Waals surface area (Å²) >= 11 is 0. The van der Waals surface area contributed by atoms with Crippen molar-refractivity contribution >= 4 is 17.9 Å². The van der Waals surface area contributed by atoms with E-state index in [1.54, 1.807) is 0 Å². The molecule has 6 nitrogen and oxygen atoms in total. The Bertz CT molecular complexity index is 487. The first-order valence-electron chi connectivity index (χ1n) is 3.61. The monoisotopic (exact) mass is 178 g/mol. The average molecular weight is 178 g/mol. The molecule has 0 saturated heterocycles. The van der Waals surface area contributed by atoms with Gasteiger partial charge in [-0.2, -0.15) is 10.1 Å². The van der Waals surface area contributed by atoms with Crippen molar-refractivity contribution in [1.82, 2.24) is 10.2 Å². The topological polar surface area (TPSA) is 101 Å². The third-order valence-corrected chi connectivity index (χ3v) is 1.79. The summed E-state index contributed by atoms with van der Waals surface area (Å²) in [6.45, 7) is 0. The van der Waals surface area contributed by atoms with Gasteiger partial charge in [-0.25, -0.2) is 0 Å². The highest BCUT2D eigenvalue weighted by Gasteiger charge is 2.23. The summed E-state index contributed by atoms with van der Waals surface area (Å²) in [6, 6.07) is 0. The minimum Gasteiger partial charge on any atom is -0.369 e. The van der Waals surface area contributed by atoms with E-state index in [1.165, 1.54) is 12.3 Å². The molecular formula is C7H6N4O2. The van der Waals surface area contributed by atoms with Crippen molar-refractivity contribution in [2.24, 2.45) is 16.6 Å². The molecule has 2 heterocycles. The highest BCUT2D eigenvalue weighted by atomic mass is 16.2. The molecule has 1 aliphatic rings. The molecule has 1 aliphatic heterocycles. The molecule has 0 saturated carbocycles. The first-order valence-corrected chi connectivity index (χ1v) is 3.61. The summed E-state index contributed by atoms with van der Waals surface area (Å²) in [7, 11) is 0. The van der Waals surface area contributed by atoms with Crippen molar-refractivity contribution in [3.63, 3.8) is 0 Å². The number of nitrogens with two attached hydrogens (primary N) is 1. The number of H-pyrrole nitrogens is 1. The Morgan fingerprint density at radius 1 is 1.62 bits per heavy atom. The van der Waals surface area contributed by atoms with Crippen LogP contribution in [0.4, 0.5) is 0 Å². The van der Waals surface area contributed by atoms with Crippen molar-refractivity contribution in [2.45, 2.75) is 0 Å². The molecule has 3 N–H and O–H groups in total. The maximum Gasteiger partial charge on any atom is 0.264 e. The van der Waals surface area contributed by atoms with E-state index in [0.717, 1.165) is 0 Å². The van der Waals surface area contributed by atoms with Gasteiger partial charge in [0.1, 0.15) is 5.92 Å². The van der Waals surface area contributed by atoms with E-state index in [4.69, 9.17) is 5.73 Å². The number of nitrogens with zero attached hydrogens (tertiary/aromatic N) is 2. The van der Waals surface area contributed by atoms with Crippen LogP contribution in [0.2, 0.25) is 0 Å². The summed E-state index contributed by atoms with van der Waals surface area (Å²) in [4.78, 5) is 25.5. The molecule has 0 radical (unpaired) electrons. The Morgan fingerprint density at radius 2 is 2.38 bits per heavy atom. The lowest BCUT2D eigenvalue weighted by Gasteiger charge is -2.04. The minimum atomic E-state index is -0.954. The van der Waals surface area contributed by atoms with Crippen molar-refractivity contribution in [3.05, 3.63) is 16.9 Å². The van der Waals surface area contributed by atoms with Gasteiger partial charge in [-0.15, -0.1) is 0 Å². The standard InChI is InChI=1S/C7H6N4O2/c8-5(12)4-1-3-2-9-11-6(3)10-7(4)13/h1-2,4H,(H2,8,12)(H,10,11,13). The minimum absolute atomic E-state index is 0.377. The van der Waals surface area contributed by atoms with E-state index in [2.05, 4.69) is 15.2 Å².